The number of rotatable bonds is 5. The number of carbonyl (C=O) groups is 1. The molecular weight excluding hydrogens is 262 g/mol. The van der Waals surface area contributed by atoms with E-state index >= 15 is 0 Å². The number of amides is 1. The van der Waals surface area contributed by atoms with Gasteiger partial charge >= 0.3 is 0 Å². The van der Waals surface area contributed by atoms with E-state index < -0.39 is 0 Å². The van der Waals surface area contributed by atoms with Gasteiger partial charge in [0.25, 0.3) is 5.91 Å². The molecule has 0 radical (unpaired) electrons. The van der Waals surface area contributed by atoms with Crippen LogP contribution in [0.4, 0.5) is 0 Å². The Morgan fingerprint density at radius 2 is 1.86 bits per heavy atom. The van der Waals surface area contributed by atoms with E-state index in [9.17, 15) is 4.79 Å². The zero-order valence-corrected chi connectivity index (χ0v) is 13.4. The van der Waals surface area contributed by atoms with Gasteiger partial charge in [-0.3, -0.25) is 4.79 Å². The summed E-state index contributed by atoms with van der Waals surface area (Å²) >= 11 is 0. The van der Waals surface area contributed by atoms with E-state index in [0.29, 0.717) is 0 Å². The van der Waals surface area contributed by atoms with Gasteiger partial charge in [0.1, 0.15) is 0 Å². The van der Waals surface area contributed by atoms with E-state index in [0.717, 1.165) is 25.6 Å². The van der Waals surface area contributed by atoms with Gasteiger partial charge in [0.05, 0.1) is 0 Å². The summed E-state index contributed by atoms with van der Waals surface area (Å²) in [6.45, 7) is 8.57. The number of hydrogen-bond donors (Lipinski definition) is 1. The van der Waals surface area contributed by atoms with Gasteiger partial charge in [-0.25, -0.2) is 0 Å². The van der Waals surface area contributed by atoms with Crippen LogP contribution in [0.3, 0.4) is 0 Å². The molecule has 0 spiro atoms. The van der Waals surface area contributed by atoms with E-state index in [4.69, 9.17) is 0 Å². The summed E-state index contributed by atoms with van der Waals surface area (Å²) in [4.78, 5) is 16.5. The third-order valence-electron chi connectivity index (χ3n) is 4.64. The van der Waals surface area contributed by atoms with Crippen LogP contribution in [0, 0.1) is 11.8 Å². The summed E-state index contributed by atoms with van der Waals surface area (Å²) in [6, 6.07) is 0.820. The normalized spacial score (nSPS) is 21.6. The lowest BCUT2D eigenvalue weighted by Crippen LogP contribution is -2.47. The van der Waals surface area contributed by atoms with Crippen molar-refractivity contribution < 1.29 is 4.79 Å². The molecule has 0 aromatic carbocycles. The molecule has 2 aliphatic heterocycles. The summed E-state index contributed by atoms with van der Waals surface area (Å²) in [6.07, 6.45) is 7.84. The van der Waals surface area contributed by atoms with Crippen LogP contribution in [0.5, 0.6) is 0 Å². The molecule has 21 heavy (non-hydrogen) atoms. The Hall–Kier alpha value is -1.05. The van der Waals surface area contributed by atoms with E-state index in [1.807, 2.05) is 0 Å². The number of piperidine rings is 2. The first-order valence-electron chi connectivity index (χ1n) is 8.46. The van der Waals surface area contributed by atoms with Crippen LogP contribution in [0.2, 0.25) is 0 Å². The number of hydrogen-bond acceptors (Lipinski definition) is 3. The topological polar surface area (TPSA) is 35.6 Å². The molecule has 0 aliphatic carbocycles. The molecule has 0 aromatic rings. The lowest BCUT2D eigenvalue weighted by molar-refractivity contribution is -0.115. The van der Waals surface area contributed by atoms with Crippen LogP contribution in [-0.2, 0) is 4.79 Å². The van der Waals surface area contributed by atoms with Crippen molar-refractivity contribution in [3.63, 3.8) is 0 Å². The van der Waals surface area contributed by atoms with Crippen molar-refractivity contribution in [1.29, 1.82) is 0 Å². The fourth-order valence-electron chi connectivity index (χ4n) is 3.45. The average molecular weight is 291 g/mol. The van der Waals surface area contributed by atoms with Crippen LogP contribution < -0.4 is 5.32 Å². The molecule has 2 aliphatic rings. The second-order valence-electron chi connectivity index (χ2n) is 6.15. The Bertz CT molecular complexity index is 371. The maximum Gasteiger partial charge on any atom is 0.295 e. The maximum absolute atomic E-state index is 11.2. The number of nitrogens with zero attached hydrogens (tertiary/aromatic N) is 2. The van der Waals surface area contributed by atoms with Crippen LogP contribution in [0.15, 0.2) is 0 Å². The minimum atomic E-state index is -0.152. The van der Waals surface area contributed by atoms with E-state index in [1.165, 1.54) is 58.3 Å². The first-order chi connectivity index (χ1) is 10.3. The SMILES string of the molecule is CC#CC(=O)NCCCN1CCC(N2CCCCC2)CC1. The van der Waals surface area contributed by atoms with Crippen LogP contribution in [0.1, 0.15) is 45.4 Å². The Morgan fingerprint density at radius 3 is 2.52 bits per heavy atom. The van der Waals surface area contributed by atoms with Crippen molar-refractivity contribution in [3.05, 3.63) is 0 Å². The minimum absolute atomic E-state index is 0.152. The molecule has 0 bridgehead atoms. The fraction of sp³-hybridized carbons (Fsp3) is 0.824. The zero-order valence-electron chi connectivity index (χ0n) is 13.4. The van der Waals surface area contributed by atoms with Crippen molar-refractivity contribution in [2.75, 3.05) is 39.3 Å². The van der Waals surface area contributed by atoms with Crippen LogP contribution in [-0.4, -0.2) is 61.0 Å². The Labute approximate surface area is 129 Å². The van der Waals surface area contributed by atoms with Gasteiger partial charge in [-0.05, 0) is 77.7 Å². The third-order valence-corrected chi connectivity index (χ3v) is 4.64. The second-order valence-corrected chi connectivity index (χ2v) is 6.15. The molecule has 0 unspecified atom stereocenters. The first-order valence-corrected chi connectivity index (χ1v) is 8.46. The van der Waals surface area contributed by atoms with Crippen molar-refractivity contribution in [2.24, 2.45) is 0 Å². The molecule has 1 amide bonds. The van der Waals surface area contributed by atoms with Crippen LogP contribution >= 0.6 is 0 Å². The lowest BCUT2D eigenvalue weighted by atomic mass is 10.00. The largest absolute Gasteiger partial charge is 0.345 e. The van der Waals surface area contributed by atoms with Gasteiger partial charge < -0.3 is 15.1 Å². The zero-order chi connectivity index (χ0) is 14.9. The quantitative estimate of drug-likeness (QED) is 0.615. The highest BCUT2D eigenvalue weighted by Gasteiger charge is 2.25. The molecule has 2 heterocycles. The van der Waals surface area contributed by atoms with Crippen molar-refractivity contribution >= 4 is 5.91 Å². The molecule has 4 heteroatoms. The smallest absolute Gasteiger partial charge is 0.295 e. The average Bonchev–Trinajstić information content (AvgIpc) is 2.53. The minimum Gasteiger partial charge on any atom is -0.345 e. The van der Waals surface area contributed by atoms with E-state index in [2.05, 4.69) is 27.0 Å². The molecule has 0 atom stereocenters. The van der Waals surface area contributed by atoms with Gasteiger partial charge in [0, 0.05) is 12.6 Å². The Morgan fingerprint density at radius 1 is 1.14 bits per heavy atom. The van der Waals surface area contributed by atoms with Gasteiger partial charge in [0.2, 0.25) is 0 Å². The van der Waals surface area contributed by atoms with E-state index in [1.54, 1.807) is 6.92 Å². The summed E-state index contributed by atoms with van der Waals surface area (Å²) in [7, 11) is 0. The molecule has 4 nitrogen and oxygen atoms in total. The van der Waals surface area contributed by atoms with Gasteiger partial charge in [0.15, 0.2) is 0 Å². The fourth-order valence-corrected chi connectivity index (χ4v) is 3.45. The lowest BCUT2D eigenvalue weighted by Gasteiger charge is -2.40. The summed E-state index contributed by atoms with van der Waals surface area (Å²) in [5.74, 6) is 4.97. The Balaban J connectivity index is 1.56. The highest BCUT2D eigenvalue weighted by atomic mass is 16.1. The molecule has 2 saturated heterocycles. The van der Waals surface area contributed by atoms with Crippen molar-refractivity contribution in [1.82, 2.24) is 15.1 Å². The predicted molar refractivity (Wildman–Crippen MR) is 86.0 cm³/mol. The number of likely N-dealkylation sites (tertiary alicyclic amines) is 2. The summed E-state index contributed by atoms with van der Waals surface area (Å²) < 4.78 is 0. The molecule has 0 aromatic heterocycles. The molecule has 2 fully saturated rings. The Kier molecular flexibility index (Phi) is 7.05. The molecule has 0 saturated carbocycles. The summed E-state index contributed by atoms with van der Waals surface area (Å²) in [5.41, 5.74) is 0. The first kappa shape index (κ1) is 16.3. The monoisotopic (exact) mass is 291 g/mol. The van der Waals surface area contributed by atoms with Gasteiger partial charge in [-0.1, -0.05) is 12.3 Å². The van der Waals surface area contributed by atoms with Crippen molar-refractivity contribution in [2.45, 2.75) is 51.5 Å². The maximum atomic E-state index is 11.2. The molecule has 2 rings (SSSR count). The third kappa shape index (κ3) is 5.68. The van der Waals surface area contributed by atoms with Crippen LogP contribution in [0.25, 0.3) is 0 Å². The highest BCUT2D eigenvalue weighted by molar-refractivity contribution is 5.93. The summed E-state index contributed by atoms with van der Waals surface area (Å²) in [5, 5.41) is 2.84. The highest BCUT2D eigenvalue weighted by Crippen LogP contribution is 2.20. The molecular formula is C17H29N3O. The molecule has 118 valence electrons. The van der Waals surface area contributed by atoms with Crippen molar-refractivity contribution in [3.8, 4) is 11.8 Å². The number of nitrogens with one attached hydrogen (secondary N) is 1. The number of carbonyl (C=O) groups excluding carboxylic acids is 1. The van der Waals surface area contributed by atoms with Gasteiger partial charge in [-0.15, -0.1) is 0 Å². The second kappa shape index (κ2) is 9.07. The predicted octanol–water partition coefficient (Wildman–Crippen LogP) is 1.47. The standard InChI is InChI=1S/C17H29N3O/c1-2-7-17(21)18-10-6-11-19-14-8-16(9-15-19)20-12-4-3-5-13-20/h16H,3-6,8-15H2,1H3,(H,18,21). The van der Waals surface area contributed by atoms with E-state index in [-0.39, 0.29) is 5.91 Å². The van der Waals surface area contributed by atoms with Gasteiger partial charge in [-0.2, -0.15) is 0 Å². The molecule has 1 N–H and O–H groups in total.